The van der Waals surface area contributed by atoms with Gasteiger partial charge in [-0.25, -0.2) is 4.39 Å². The summed E-state index contributed by atoms with van der Waals surface area (Å²) < 4.78 is 19.7. The van der Waals surface area contributed by atoms with Gasteiger partial charge in [0, 0.05) is 6.20 Å². The number of halogens is 1. The van der Waals surface area contributed by atoms with E-state index in [1.807, 2.05) is 25.1 Å². The third-order valence-electron chi connectivity index (χ3n) is 4.08. The fourth-order valence-electron chi connectivity index (χ4n) is 2.55. The van der Waals surface area contributed by atoms with Crippen molar-refractivity contribution in [2.24, 2.45) is 0 Å². The lowest BCUT2D eigenvalue weighted by molar-refractivity contribution is -0.118. The molecule has 2 atom stereocenters. The summed E-state index contributed by atoms with van der Waals surface area (Å²) in [5, 5.41) is 1.55. The van der Waals surface area contributed by atoms with E-state index in [1.165, 1.54) is 0 Å². The van der Waals surface area contributed by atoms with Crippen molar-refractivity contribution in [1.82, 2.24) is 10.3 Å². The molecule has 26 heavy (non-hydrogen) atoms. The maximum Gasteiger partial charge on any atom is 0.286 e. The smallest absolute Gasteiger partial charge is 0.286 e. The first-order chi connectivity index (χ1) is 12.5. The van der Waals surface area contributed by atoms with E-state index < -0.39 is 11.4 Å². The van der Waals surface area contributed by atoms with Crippen molar-refractivity contribution in [3.05, 3.63) is 59.4 Å². The molecular formula is C19H19FN2O3S. The lowest BCUT2D eigenvalue weighted by Crippen LogP contribution is -2.25. The molecule has 7 heteroatoms. The molecule has 1 fully saturated rings. The molecule has 0 aliphatic carbocycles. The van der Waals surface area contributed by atoms with E-state index in [-0.39, 0.29) is 17.8 Å². The fraction of sp³-hybridized carbons (Fsp3) is 0.316. The van der Waals surface area contributed by atoms with Crippen LogP contribution in [0.2, 0.25) is 0 Å². The van der Waals surface area contributed by atoms with Crippen LogP contribution in [0.1, 0.15) is 29.9 Å². The number of hydrogen-bond acceptors (Lipinski definition) is 5. The van der Waals surface area contributed by atoms with Crippen LogP contribution < -0.4 is 10.1 Å². The topological polar surface area (TPSA) is 68.3 Å². The number of thioether (sulfide) groups is 1. The lowest BCUT2D eigenvalue weighted by Gasteiger charge is -2.11. The Balaban J connectivity index is 1.52. The van der Waals surface area contributed by atoms with Gasteiger partial charge in [-0.2, -0.15) is 0 Å². The minimum atomic E-state index is -1.30. The second-order valence-electron chi connectivity index (χ2n) is 5.95. The van der Waals surface area contributed by atoms with E-state index in [0.29, 0.717) is 17.9 Å². The summed E-state index contributed by atoms with van der Waals surface area (Å²) in [7, 11) is 0. The predicted molar refractivity (Wildman–Crippen MR) is 98.0 cm³/mol. The number of alkyl halides is 1. The average Bonchev–Trinajstić information content (AvgIpc) is 2.98. The predicted octanol–water partition coefficient (Wildman–Crippen LogP) is 3.63. The molecule has 1 saturated heterocycles. The van der Waals surface area contributed by atoms with Crippen molar-refractivity contribution in [3.8, 4) is 5.75 Å². The normalized spacial score (nSPS) is 17.8. The molecule has 1 aromatic heterocycles. The van der Waals surface area contributed by atoms with Gasteiger partial charge in [-0.1, -0.05) is 36.9 Å². The Bertz CT molecular complexity index is 780. The molecule has 0 spiro atoms. The second kappa shape index (κ2) is 8.31. The maximum absolute atomic E-state index is 14.2. The van der Waals surface area contributed by atoms with E-state index in [1.54, 1.807) is 24.4 Å². The van der Waals surface area contributed by atoms with Gasteiger partial charge in [-0.15, -0.1) is 0 Å². The van der Waals surface area contributed by atoms with Crippen LogP contribution in [0.5, 0.6) is 5.75 Å². The molecule has 1 N–H and O–H groups in total. The number of carbonyl (C=O) groups is 2. The molecule has 2 heterocycles. The second-order valence-corrected chi connectivity index (χ2v) is 7.13. The number of amides is 2. The highest BCUT2D eigenvalue weighted by atomic mass is 32.2. The number of ether oxygens (including phenoxy) is 1. The first kappa shape index (κ1) is 18.4. The molecular weight excluding hydrogens is 355 g/mol. The van der Waals surface area contributed by atoms with Gasteiger partial charge in [-0.3, -0.25) is 19.9 Å². The van der Waals surface area contributed by atoms with Gasteiger partial charge in [-0.05, 0) is 42.2 Å². The zero-order valence-electron chi connectivity index (χ0n) is 14.3. The summed E-state index contributed by atoms with van der Waals surface area (Å²) in [6.07, 6.45) is 1.70. The standard InChI is InChI=1S/C19H19FN2O3S/c1-2-12-5-8-16(21-10-12)15(20)11-25-14-6-3-13(4-7-14)9-17-18(23)22-19(24)26-17/h3-8,10,15,17H,2,9,11H2,1H3,(H,22,23,24)/t15-,17?/m1/s1. The van der Waals surface area contributed by atoms with Crippen LogP contribution in [0, 0.1) is 0 Å². The summed E-state index contributed by atoms with van der Waals surface area (Å²) in [6, 6.07) is 10.6. The van der Waals surface area contributed by atoms with E-state index in [9.17, 15) is 14.0 Å². The van der Waals surface area contributed by atoms with Crippen molar-refractivity contribution in [3.63, 3.8) is 0 Å². The van der Waals surface area contributed by atoms with Gasteiger partial charge in [0.1, 0.15) is 12.4 Å². The maximum atomic E-state index is 14.2. The highest BCUT2D eigenvalue weighted by Crippen LogP contribution is 2.24. The van der Waals surface area contributed by atoms with Crippen molar-refractivity contribution in [2.45, 2.75) is 31.2 Å². The van der Waals surface area contributed by atoms with Crippen molar-refractivity contribution >= 4 is 22.9 Å². The molecule has 2 aromatic rings. The van der Waals surface area contributed by atoms with Crippen LogP contribution in [-0.4, -0.2) is 28.0 Å². The molecule has 3 rings (SSSR count). The van der Waals surface area contributed by atoms with Gasteiger partial charge in [0.2, 0.25) is 5.91 Å². The Labute approximate surface area is 155 Å². The van der Waals surface area contributed by atoms with E-state index in [2.05, 4.69) is 10.3 Å². The summed E-state index contributed by atoms with van der Waals surface area (Å²) >= 11 is 1.000. The molecule has 1 unspecified atom stereocenters. The van der Waals surface area contributed by atoms with Crippen molar-refractivity contribution in [1.29, 1.82) is 0 Å². The largest absolute Gasteiger partial charge is 0.490 e. The molecule has 0 bridgehead atoms. The van der Waals surface area contributed by atoms with Gasteiger partial charge in [0.25, 0.3) is 5.24 Å². The number of nitrogens with zero attached hydrogens (tertiary/aromatic N) is 1. The number of nitrogens with one attached hydrogen (secondary N) is 1. The lowest BCUT2D eigenvalue weighted by atomic mass is 10.1. The van der Waals surface area contributed by atoms with Gasteiger partial charge in [0.05, 0.1) is 10.9 Å². The number of benzene rings is 1. The number of carbonyl (C=O) groups excluding carboxylic acids is 2. The first-order valence-electron chi connectivity index (χ1n) is 8.37. The number of rotatable bonds is 7. The Morgan fingerprint density at radius 2 is 1.92 bits per heavy atom. The Kier molecular flexibility index (Phi) is 5.88. The quantitative estimate of drug-likeness (QED) is 0.802. The van der Waals surface area contributed by atoms with Gasteiger partial charge in [0.15, 0.2) is 6.17 Å². The van der Waals surface area contributed by atoms with Crippen LogP contribution >= 0.6 is 11.8 Å². The number of pyridine rings is 1. The average molecular weight is 374 g/mol. The number of hydrogen-bond donors (Lipinski definition) is 1. The van der Waals surface area contributed by atoms with Crippen LogP contribution in [-0.2, 0) is 17.6 Å². The SMILES string of the molecule is CCc1ccc([C@H](F)COc2ccc(CC3SC(=O)NC3=O)cc2)nc1. The van der Waals surface area contributed by atoms with Gasteiger partial charge < -0.3 is 4.74 Å². The molecule has 1 aliphatic rings. The monoisotopic (exact) mass is 374 g/mol. The molecule has 1 aromatic carbocycles. The summed E-state index contributed by atoms with van der Waals surface area (Å²) in [5.74, 6) is 0.281. The Morgan fingerprint density at radius 3 is 2.50 bits per heavy atom. The molecule has 2 amide bonds. The molecule has 0 radical (unpaired) electrons. The first-order valence-corrected chi connectivity index (χ1v) is 9.25. The number of imide groups is 1. The molecule has 5 nitrogen and oxygen atoms in total. The molecule has 136 valence electrons. The Morgan fingerprint density at radius 1 is 1.19 bits per heavy atom. The minimum Gasteiger partial charge on any atom is -0.490 e. The highest BCUT2D eigenvalue weighted by molar-refractivity contribution is 8.15. The van der Waals surface area contributed by atoms with Crippen LogP contribution in [0.15, 0.2) is 42.6 Å². The fourth-order valence-corrected chi connectivity index (χ4v) is 3.41. The summed E-state index contributed by atoms with van der Waals surface area (Å²) in [5.41, 5.74) is 2.33. The van der Waals surface area contributed by atoms with Crippen molar-refractivity contribution in [2.75, 3.05) is 6.61 Å². The summed E-state index contributed by atoms with van der Waals surface area (Å²) in [4.78, 5) is 26.9. The van der Waals surface area contributed by atoms with Gasteiger partial charge >= 0.3 is 0 Å². The summed E-state index contributed by atoms with van der Waals surface area (Å²) in [6.45, 7) is 1.90. The number of aromatic nitrogens is 1. The highest BCUT2D eigenvalue weighted by Gasteiger charge is 2.31. The van der Waals surface area contributed by atoms with Crippen molar-refractivity contribution < 1.29 is 18.7 Å². The van der Waals surface area contributed by atoms with Crippen LogP contribution in [0.25, 0.3) is 0 Å². The van der Waals surface area contributed by atoms with E-state index >= 15 is 0 Å². The van der Waals surface area contributed by atoms with Crippen LogP contribution in [0.4, 0.5) is 9.18 Å². The minimum absolute atomic E-state index is 0.118. The molecule has 0 saturated carbocycles. The number of aryl methyl sites for hydroxylation is 1. The molecule has 1 aliphatic heterocycles. The van der Waals surface area contributed by atoms with Crippen LogP contribution in [0.3, 0.4) is 0 Å². The Hall–Kier alpha value is -2.41. The van der Waals surface area contributed by atoms with E-state index in [4.69, 9.17) is 4.74 Å². The third kappa shape index (κ3) is 4.60. The zero-order chi connectivity index (χ0) is 18.5. The van der Waals surface area contributed by atoms with E-state index in [0.717, 1.165) is 29.3 Å². The zero-order valence-corrected chi connectivity index (χ0v) is 15.1. The third-order valence-corrected chi connectivity index (χ3v) is 5.07.